The molecule has 0 radical (unpaired) electrons. The van der Waals surface area contributed by atoms with Crippen molar-refractivity contribution in [3.63, 3.8) is 0 Å². The third kappa shape index (κ3) is 2.36. The summed E-state index contributed by atoms with van der Waals surface area (Å²) in [5.41, 5.74) is -0.294. The van der Waals surface area contributed by atoms with Crippen LogP contribution in [-0.2, 0) is 0 Å². The van der Waals surface area contributed by atoms with Gasteiger partial charge in [-0.1, -0.05) is 30.0 Å². The molecule has 0 fully saturated rings. The van der Waals surface area contributed by atoms with Crippen LogP contribution in [0.4, 0.5) is 0 Å². The van der Waals surface area contributed by atoms with E-state index in [9.17, 15) is 20.1 Å². The van der Waals surface area contributed by atoms with Gasteiger partial charge in [0.15, 0.2) is 18.1 Å². The minimum absolute atomic E-state index is 0.0156. The van der Waals surface area contributed by atoms with Gasteiger partial charge in [0.2, 0.25) is 0 Å². The normalized spacial score (nSPS) is 10.9. The quantitative estimate of drug-likeness (QED) is 0.381. The minimum Gasteiger partial charge on any atom is -0.871 e. The minimum atomic E-state index is -0.632. The van der Waals surface area contributed by atoms with Crippen molar-refractivity contribution < 1.29 is 19.9 Å². The maximum absolute atomic E-state index is 13.0. The second-order valence-electron chi connectivity index (χ2n) is 5.81. The zero-order chi connectivity index (χ0) is 18.3. The number of fused-ring (bicyclic) bond motifs is 1. The number of aromatic nitrogens is 2. The van der Waals surface area contributed by atoms with Gasteiger partial charge in [0.1, 0.15) is 11.3 Å². The Balaban J connectivity index is 2.14. The maximum atomic E-state index is 13.0. The molecule has 4 rings (SSSR count). The lowest BCUT2D eigenvalue weighted by Gasteiger charge is -2.17. The highest BCUT2D eigenvalue weighted by Gasteiger charge is 2.25. The van der Waals surface area contributed by atoms with Crippen LogP contribution in [0.25, 0.3) is 27.7 Å². The summed E-state index contributed by atoms with van der Waals surface area (Å²) in [6.45, 7) is 0. The predicted molar refractivity (Wildman–Crippen MR) is 94.3 cm³/mol. The number of benzene rings is 2. The molecule has 0 atom stereocenters. The fourth-order valence-electron chi connectivity index (χ4n) is 3.06. The number of rotatable bonds is 2. The number of aromatic amines is 1. The van der Waals surface area contributed by atoms with E-state index in [2.05, 4.69) is 4.98 Å². The van der Waals surface area contributed by atoms with Gasteiger partial charge >= 0.3 is 0 Å². The first-order valence-corrected chi connectivity index (χ1v) is 7.92. The smallest absolute Gasteiger partial charge is 0.264 e. The average molecular weight is 346 g/mol. The van der Waals surface area contributed by atoms with Crippen LogP contribution in [0.5, 0.6) is 17.2 Å². The summed E-state index contributed by atoms with van der Waals surface area (Å²) in [5.74, 6) is -0.948. The molecule has 0 bridgehead atoms. The molecule has 0 aliphatic heterocycles. The molecule has 0 saturated carbocycles. The highest BCUT2D eigenvalue weighted by molar-refractivity contribution is 5.94. The molecule has 0 amide bonds. The van der Waals surface area contributed by atoms with E-state index in [0.29, 0.717) is 10.9 Å². The number of para-hydroxylation sites is 1. The monoisotopic (exact) mass is 346 g/mol. The number of nitrogens with zero attached hydrogens (tertiary/aromatic N) is 1. The van der Waals surface area contributed by atoms with E-state index >= 15 is 0 Å². The number of hydrogen-bond acceptors (Lipinski definition) is 4. The standard InChI is InChI=1S/C20H14N2O4/c23-14-8-9-15(24)18(22-10-4-1-5-11-22)16(14)17-19(25)12-6-2-3-7-13(12)21-20(17)26/h1-11H,(H3-,21,23,24,25,26). The van der Waals surface area contributed by atoms with Gasteiger partial charge < -0.3 is 20.3 Å². The third-order valence-electron chi connectivity index (χ3n) is 4.23. The van der Waals surface area contributed by atoms with Crippen LogP contribution >= 0.6 is 0 Å². The summed E-state index contributed by atoms with van der Waals surface area (Å²) < 4.78 is 1.54. The topological polar surface area (TPSA) is 100 Å². The number of hydrogen-bond donors (Lipinski definition) is 3. The van der Waals surface area contributed by atoms with Crippen molar-refractivity contribution in [2.75, 3.05) is 0 Å². The highest BCUT2D eigenvalue weighted by atomic mass is 16.3. The molecule has 26 heavy (non-hydrogen) atoms. The molecule has 4 aromatic rings. The zero-order valence-corrected chi connectivity index (χ0v) is 13.5. The Morgan fingerprint density at radius 2 is 1.54 bits per heavy atom. The molecule has 0 saturated heterocycles. The van der Waals surface area contributed by atoms with Gasteiger partial charge in [-0.3, -0.25) is 4.79 Å². The number of phenolic OH excluding ortho intramolecular Hbond substituents is 2. The van der Waals surface area contributed by atoms with E-state index in [-0.39, 0.29) is 28.3 Å². The third-order valence-corrected chi connectivity index (χ3v) is 4.23. The molecule has 0 aliphatic carbocycles. The molecule has 2 aromatic carbocycles. The maximum Gasteiger partial charge on any atom is 0.264 e. The molecule has 6 heteroatoms. The lowest BCUT2D eigenvalue weighted by Crippen LogP contribution is -2.31. The molecule has 0 aliphatic rings. The lowest BCUT2D eigenvalue weighted by molar-refractivity contribution is -0.595. The fraction of sp³-hybridized carbons (Fsp3) is 0. The van der Waals surface area contributed by atoms with Gasteiger partial charge in [0.05, 0.1) is 5.56 Å². The first kappa shape index (κ1) is 15.7. The Hall–Kier alpha value is -3.80. The number of phenols is 2. The van der Waals surface area contributed by atoms with Crippen molar-refractivity contribution in [2.45, 2.75) is 0 Å². The molecule has 0 unspecified atom stereocenters. The highest BCUT2D eigenvalue weighted by Crippen LogP contribution is 2.40. The number of pyridine rings is 2. The Kier molecular flexibility index (Phi) is 3.58. The zero-order valence-electron chi connectivity index (χ0n) is 13.5. The van der Waals surface area contributed by atoms with Crippen LogP contribution in [0.1, 0.15) is 0 Å². The number of nitrogens with one attached hydrogen (secondary N) is 1. The molecule has 2 heterocycles. The van der Waals surface area contributed by atoms with Gasteiger partial charge in [-0.2, -0.15) is 4.57 Å². The summed E-state index contributed by atoms with van der Waals surface area (Å²) >= 11 is 0. The van der Waals surface area contributed by atoms with Crippen LogP contribution in [-0.4, -0.2) is 15.2 Å². The van der Waals surface area contributed by atoms with Crippen molar-refractivity contribution in [2.24, 2.45) is 0 Å². The van der Waals surface area contributed by atoms with Gasteiger partial charge in [-0.25, -0.2) is 0 Å². The van der Waals surface area contributed by atoms with Crippen LogP contribution < -0.4 is 15.2 Å². The largest absolute Gasteiger partial charge is 0.871 e. The summed E-state index contributed by atoms with van der Waals surface area (Å²) in [4.78, 5) is 15.3. The Bertz CT molecular complexity index is 1180. The molecule has 3 N–H and O–H groups in total. The van der Waals surface area contributed by atoms with Gasteiger partial charge in [0, 0.05) is 17.6 Å². The van der Waals surface area contributed by atoms with Crippen LogP contribution in [0.3, 0.4) is 0 Å². The van der Waals surface area contributed by atoms with Gasteiger partial charge in [-0.05, 0) is 23.6 Å². The van der Waals surface area contributed by atoms with E-state index in [1.54, 1.807) is 59.4 Å². The van der Waals surface area contributed by atoms with E-state index in [1.165, 1.54) is 12.1 Å². The van der Waals surface area contributed by atoms with Crippen molar-refractivity contribution in [3.8, 4) is 34.1 Å². The van der Waals surface area contributed by atoms with Crippen molar-refractivity contribution >= 4 is 10.9 Å². The van der Waals surface area contributed by atoms with Crippen molar-refractivity contribution in [1.29, 1.82) is 0 Å². The Morgan fingerprint density at radius 3 is 2.31 bits per heavy atom. The average Bonchev–Trinajstić information content (AvgIpc) is 2.65. The molecule has 6 nitrogen and oxygen atoms in total. The van der Waals surface area contributed by atoms with E-state index < -0.39 is 11.3 Å². The van der Waals surface area contributed by atoms with Crippen LogP contribution in [0.2, 0.25) is 0 Å². The summed E-state index contributed by atoms with van der Waals surface area (Å²) in [6.07, 6.45) is 3.30. The molecule has 128 valence electrons. The number of aromatic hydroxyl groups is 2. The first-order valence-electron chi connectivity index (χ1n) is 7.92. The predicted octanol–water partition coefficient (Wildman–Crippen LogP) is 1.96. The SMILES string of the molecule is O=c1[nH]c2ccccc2c([O-])c1-c1c(O)ccc(O)c1-[n+]1ccccc1. The lowest BCUT2D eigenvalue weighted by atomic mass is 9.99. The second kappa shape index (κ2) is 5.93. The fourth-order valence-corrected chi connectivity index (χ4v) is 3.06. The van der Waals surface area contributed by atoms with Crippen molar-refractivity contribution in [1.82, 2.24) is 4.98 Å². The Labute approximate surface area is 147 Å². The van der Waals surface area contributed by atoms with Gasteiger partial charge in [0.25, 0.3) is 11.2 Å². The first-order chi connectivity index (χ1) is 12.6. The molecule has 0 spiro atoms. The van der Waals surface area contributed by atoms with Crippen molar-refractivity contribution in [3.05, 3.63) is 77.3 Å². The van der Waals surface area contributed by atoms with Gasteiger partial charge in [-0.15, -0.1) is 0 Å². The summed E-state index contributed by atoms with van der Waals surface area (Å²) in [6, 6.07) is 14.5. The molecular formula is C20H14N2O4. The summed E-state index contributed by atoms with van der Waals surface area (Å²) in [7, 11) is 0. The van der Waals surface area contributed by atoms with E-state index in [0.717, 1.165) is 0 Å². The molecule has 2 aromatic heterocycles. The second-order valence-corrected chi connectivity index (χ2v) is 5.81. The van der Waals surface area contributed by atoms with Crippen LogP contribution in [0, 0.1) is 0 Å². The van der Waals surface area contributed by atoms with E-state index in [4.69, 9.17) is 0 Å². The Morgan fingerprint density at radius 1 is 0.846 bits per heavy atom. The number of H-pyrrole nitrogens is 1. The summed E-state index contributed by atoms with van der Waals surface area (Å²) in [5, 5.41) is 34.1. The van der Waals surface area contributed by atoms with E-state index in [1.807, 2.05) is 0 Å². The molecular weight excluding hydrogens is 332 g/mol. The van der Waals surface area contributed by atoms with Crippen LogP contribution in [0.15, 0.2) is 71.8 Å².